The molecular formula is C76H136N2O6P+. The Bertz CT molecular complexity index is 1800. The Morgan fingerprint density at radius 1 is 0.412 bits per heavy atom. The Kier molecular flexibility index (Phi) is 63.0. The molecule has 9 heteroatoms. The van der Waals surface area contributed by atoms with Crippen LogP contribution in [0.3, 0.4) is 0 Å². The SMILES string of the molecule is CC/C=C\C/C=C\C/C=C\C/C=C\C/C=C\C/C=C\C/C=C\C/C=C\C/C=C\C/C=C\CCCCCCC(=O)NC(COP(=O)(O)OCC[N+](C)(C)C)C(O)CCCCCCCCCCCCCCCCCCCCCCCCCCCCCC. The van der Waals surface area contributed by atoms with Gasteiger partial charge < -0.3 is 19.8 Å². The van der Waals surface area contributed by atoms with E-state index in [0.717, 1.165) is 116 Å². The molecule has 0 fully saturated rings. The van der Waals surface area contributed by atoms with Gasteiger partial charge in [0.2, 0.25) is 5.91 Å². The van der Waals surface area contributed by atoms with Gasteiger partial charge in [0.1, 0.15) is 13.2 Å². The van der Waals surface area contributed by atoms with Crippen LogP contribution in [0, 0.1) is 0 Å². The fourth-order valence-electron chi connectivity index (χ4n) is 10.0. The molecule has 0 heterocycles. The summed E-state index contributed by atoms with van der Waals surface area (Å²) >= 11 is 0. The van der Waals surface area contributed by atoms with Crippen molar-refractivity contribution >= 4 is 13.7 Å². The summed E-state index contributed by atoms with van der Waals surface area (Å²) in [4.78, 5) is 23.5. The summed E-state index contributed by atoms with van der Waals surface area (Å²) in [5.41, 5.74) is 0. The molecule has 8 nitrogen and oxygen atoms in total. The van der Waals surface area contributed by atoms with Crippen molar-refractivity contribution in [2.24, 2.45) is 0 Å². The molecule has 0 spiro atoms. The summed E-state index contributed by atoms with van der Waals surface area (Å²) in [6.07, 6.45) is 97.3. The van der Waals surface area contributed by atoms with Crippen LogP contribution in [0.15, 0.2) is 122 Å². The van der Waals surface area contributed by atoms with E-state index in [2.05, 4.69) is 141 Å². The highest BCUT2D eigenvalue weighted by molar-refractivity contribution is 7.47. The Morgan fingerprint density at radius 2 is 0.706 bits per heavy atom. The van der Waals surface area contributed by atoms with Crippen LogP contribution >= 0.6 is 7.82 Å². The first-order chi connectivity index (χ1) is 41.5. The monoisotopic (exact) mass is 1200 g/mol. The van der Waals surface area contributed by atoms with Gasteiger partial charge in [-0.25, -0.2) is 4.57 Å². The zero-order valence-corrected chi connectivity index (χ0v) is 57.0. The van der Waals surface area contributed by atoms with Gasteiger partial charge in [-0.1, -0.05) is 328 Å². The minimum Gasteiger partial charge on any atom is -0.391 e. The molecule has 3 unspecified atom stereocenters. The van der Waals surface area contributed by atoms with E-state index < -0.39 is 20.0 Å². The lowest BCUT2D eigenvalue weighted by Gasteiger charge is -2.26. The molecule has 0 aromatic rings. The van der Waals surface area contributed by atoms with Gasteiger partial charge in [-0.05, 0) is 89.9 Å². The molecule has 3 N–H and O–H groups in total. The van der Waals surface area contributed by atoms with Gasteiger partial charge in [0, 0.05) is 6.42 Å². The average Bonchev–Trinajstić information content (AvgIpc) is 3.48. The van der Waals surface area contributed by atoms with Gasteiger partial charge in [0.15, 0.2) is 0 Å². The molecule has 0 saturated carbocycles. The predicted octanol–water partition coefficient (Wildman–Crippen LogP) is 22.8. The number of phosphoric ester groups is 1. The standard InChI is InChI=1S/C76H135N2O6P/c1-6-8-10-12-14-16-18-20-22-24-26-28-30-32-34-36-37-38-39-40-41-42-44-46-48-50-52-54-56-58-60-62-64-66-68-70-76(80)77-74(73-84-85(81,82)83-72-71-78(3,4)5)75(79)69-67-65-63-61-59-57-55-53-51-49-47-45-43-35-33-31-29-27-25-23-21-19-17-15-13-11-9-7-2/h8,10,14,16,20,22,26,28,32,34,37-38,40-41,44,46,50,52,56,58,74-75,79H,6-7,9,11-13,15,17-19,21,23-25,27,29-31,33,35-36,39,42-43,45,47-49,51,53-55,57,59-73H2,1-5H3,(H-,77,80,81,82)/p+1/b10-8-,16-14-,22-20-,28-26-,34-32-,38-37-,41-40-,46-44-,52-50-,58-56-. The van der Waals surface area contributed by atoms with Crippen molar-refractivity contribution in [1.29, 1.82) is 0 Å². The molecule has 490 valence electrons. The first kappa shape index (κ1) is 81.9. The Labute approximate surface area is 526 Å². The van der Waals surface area contributed by atoms with Gasteiger partial charge in [0.25, 0.3) is 0 Å². The molecule has 0 aliphatic rings. The molecule has 1 amide bonds. The second kappa shape index (κ2) is 65.3. The maximum absolute atomic E-state index is 13.1. The minimum absolute atomic E-state index is 0.0634. The van der Waals surface area contributed by atoms with Crippen molar-refractivity contribution in [3.05, 3.63) is 122 Å². The minimum atomic E-state index is -4.35. The number of carbonyl (C=O) groups is 1. The van der Waals surface area contributed by atoms with Crippen molar-refractivity contribution in [3.63, 3.8) is 0 Å². The first-order valence-electron chi connectivity index (χ1n) is 35.4. The van der Waals surface area contributed by atoms with Crippen molar-refractivity contribution in [2.45, 2.75) is 315 Å². The number of unbranched alkanes of at least 4 members (excludes halogenated alkanes) is 31. The van der Waals surface area contributed by atoms with E-state index in [0.29, 0.717) is 23.9 Å². The summed E-state index contributed by atoms with van der Waals surface area (Å²) < 4.78 is 23.9. The number of nitrogens with zero attached hydrogens (tertiary/aromatic N) is 1. The first-order valence-corrected chi connectivity index (χ1v) is 36.9. The zero-order valence-electron chi connectivity index (χ0n) is 56.1. The van der Waals surface area contributed by atoms with E-state index in [4.69, 9.17) is 9.05 Å². The lowest BCUT2D eigenvalue weighted by atomic mass is 10.0. The third kappa shape index (κ3) is 68.3. The summed E-state index contributed by atoms with van der Waals surface area (Å²) in [5.74, 6) is -0.170. The van der Waals surface area contributed by atoms with E-state index in [1.165, 1.54) is 161 Å². The van der Waals surface area contributed by atoms with Gasteiger partial charge in [-0.3, -0.25) is 13.8 Å². The van der Waals surface area contributed by atoms with Crippen LogP contribution in [0.1, 0.15) is 303 Å². The fourth-order valence-corrected chi connectivity index (χ4v) is 10.8. The lowest BCUT2D eigenvalue weighted by Crippen LogP contribution is -2.46. The number of amides is 1. The fraction of sp³-hybridized carbons (Fsp3) is 0.724. The van der Waals surface area contributed by atoms with E-state index in [1.54, 1.807) is 0 Å². The topological polar surface area (TPSA) is 105 Å². The number of carbonyl (C=O) groups excluding carboxylic acids is 1. The van der Waals surface area contributed by atoms with Crippen molar-refractivity contribution in [3.8, 4) is 0 Å². The molecule has 0 aromatic heterocycles. The highest BCUT2D eigenvalue weighted by Crippen LogP contribution is 2.43. The maximum Gasteiger partial charge on any atom is 0.472 e. The number of nitrogens with one attached hydrogen (secondary N) is 1. The van der Waals surface area contributed by atoms with Crippen LogP contribution in [0.25, 0.3) is 0 Å². The number of quaternary nitrogens is 1. The number of hydrogen-bond acceptors (Lipinski definition) is 5. The largest absolute Gasteiger partial charge is 0.472 e. The molecule has 85 heavy (non-hydrogen) atoms. The quantitative estimate of drug-likeness (QED) is 0.0243. The highest BCUT2D eigenvalue weighted by atomic mass is 31.2. The summed E-state index contributed by atoms with van der Waals surface area (Å²) in [6.45, 7) is 4.77. The van der Waals surface area contributed by atoms with Crippen LogP contribution in [0.5, 0.6) is 0 Å². The second-order valence-electron chi connectivity index (χ2n) is 24.9. The van der Waals surface area contributed by atoms with Crippen molar-refractivity contribution in [1.82, 2.24) is 5.32 Å². The number of phosphoric acid groups is 1. The molecule has 0 radical (unpaired) electrons. The molecule has 0 saturated heterocycles. The third-order valence-electron chi connectivity index (χ3n) is 15.5. The van der Waals surface area contributed by atoms with E-state index >= 15 is 0 Å². The van der Waals surface area contributed by atoms with Crippen molar-refractivity contribution in [2.75, 3.05) is 40.9 Å². The Balaban J connectivity index is 4.16. The normalized spacial score (nSPS) is 14.4. The Hall–Kier alpha value is -3.10. The number of allylic oxidation sites excluding steroid dienone is 20. The number of hydrogen-bond donors (Lipinski definition) is 3. The zero-order chi connectivity index (χ0) is 61.9. The van der Waals surface area contributed by atoms with Crippen LogP contribution in [-0.2, 0) is 18.4 Å². The molecule has 0 aromatic carbocycles. The summed E-state index contributed by atoms with van der Waals surface area (Å²) in [5, 5.41) is 14.1. The number of rotatable bonds is 64. The van der Waals surface area contributed by atoms with Crippen LogP contribution in [0.4, 0.5) is 0 Å². The van der Waals surface area contributed by atoms with E-state index in [9.17, 15) is 19.4 Å². The highest BCUT2D eigenvalue weighted by Gasteiger charge is 2.28. The van der Waals surface area contributed by atoms with Gasteiger partial charge in [-0.2, -0.15) is 0 Å². The van der Waals surface area contributed by atoms with E-state index in [1.807, 2.05) is 21.1 Å². The lowest BCUT2D eigenvalue weighted by molar-refractivity contribution is -0.870. The molecule has 3 atom stereocenters. The Morgan fingerprint density at radius 3 is 1.04 bits per heavy atom. The number of likely N-dealkylation sites (N-methyl/N-ethyl adjacent to an activating group) is 1. The number of aliphatic hydroxyl groups is 1. The van der Waals surface area contributed by atoms with Gasteiger partial charge in [0.05, 0.1) is 39.9 Å². The predicted molar refractivity (Wildman–Crippen MR) is 373 cm³/mol. The third-order valence-corrected chi connectivity index (χ3v) is 16.5. The molecule has 0 aliphatic carbocycles. The van der Waals surface area contributed by atoms with Gasteiger partial charge >= 0.3 is 7.82 Å². The smallest absolute Gasteiger partial charge is 0.391 e. The van der Waals surface area contributed by atoms with Crippen LogP contribution in [0.2, 0.25) is 0 Å². The van der Waals surface area contributed by atoms with Crippen LogP contribution in [-0.4, -0.2) is 73.4 Å². The molecular weight excluding hydrogens is 1070 g/mol. The maximum atomic E-state index is 13.1. The van der Waals surface area contributed by atoms with Crippen molar-refractivity contribution < 1.29 is 32.9 Å². The molecule has 0 aliphatic heterocycles. The van der Waals surface area contributed by atoms with Crippen LogP contribution < -0.4 is 5.32 Å². The number of aliphatic hydroxyl groups excluding tert-OH is 1. The summed E-state index contributed by atoms with van der Waals surface area (Å²) in [6, 6.07) is -0.786. The average molecular weight is 1200 g/mol. The molecule has 0 bridgehead atoms. The van der Waals surface area contributed by atoms with E-state index in [-0.39, 0.29) is 19.1 Å². The van der Waals surface area contributed by atoms with Gasteiger partial charge in [-0.15, -0.1) is 0 Å². The molecule has 0 rings (SSSR count). The second-order valence-corrected chi connectivity index (χ2v) is 26.3. The summed E-state index contributed by atoms with van der Waals surface area (Å²) in [7, 11) is 1.59.